The molecule has 0 N–H and O–H groups in total. The summed E-state index contributed by atoms with van der Waals surface area (Å²) >= 11 is 0. The fraction of sp³-hybridized carbons (Fsp3) is 0.455. The van der Waals surface area contributed by atoms with Crippen LogP contribution in [0, 0.1) is 0 Å². The van der Waals surface area contributed by atoms with E-state index >= 15 is 0 Å². The van der Waals surface area contributed by atoms with Crippen molar-refractivity contribution in [1.29, 1.82) is 0 Å². The van der Waals surface area contributed by atoms with Crippen LogP contribution in [0.1, 0.15) is 26.7 Å². The highest BCUT2D eigenvalue weighted by atomic mass is 16.5. The van der Waals surface area contributed by atoms with Crippen molar-refractivity contribution in [2.24, 2.45) is 0 Å². The van der Waals surface area contributed by atoms with Crippen LogP contribution in [0.4, 0.5) is 0 Å². The Morgan fingerprint density at radius 1 is 0.920 bits per heavy atom. The lowest BCUT2D eigenvalue weighted by atomic mass is 10.1. The number of ether oxygens (including phenoxy) is 2. The molecule has 0 amide bonds. The van der Waals surface area contributed by atoms with Gasteiger partial charge in [-0.15, -0.1) is 0 Å². The average molecular weight is 339 g/mol. The fourth-order valence-corrected chi connectivity index (χ4v) is 3.54. The molecule has 0 aromatic heterocycles. The lowest BCUT2D eigenvalue weighted by Gasteiger charge is -2.35. The number of unbranched alkanes of at least 4 members (excludes halogenated alkanes) is 1. The van der Waals surface area contributed by atoms with Crippen molar-refractivity contribution in [3.63, 3.8) is 0 Å². The van der Waals surface area contributed by atoms with Gasteiger partial charge in [-0.2, -0.15) is 0 Å². The van der Waals surface area contributed by atoms with E-state index in [1.807, 2.05) is 12.1 Å². The molecule has 3 heteroatoms. The van der Waals surface area contributed by atoms with E-state index in [0.29, 0.717) is 12.2 Å². The standard InChI is InChI=1S/C22H29NO2/c1-18-16-23(17-19(2)25-18)14-8-9-15-24-22-13-7-6-12-21(22)20-10-4-3-5-11-20/h3-7,10-13,18-19H,8-9,14-17H2,1-2H3/t18-,19+. The van der Waals surface area contributed by atoms with Crippen LogP contribution < -0.4 is 4.74 Å². The van der Waals surface area contributed by atoms with Gasteiger partial charge in [-0.3, -0.25) is 4.90 Å². The molecule has 1 aliphatic rings. The highest BCUT2D eigenvalue weighted by Gasteiger charge is 2.21. The van der Waals surface area contributed by atoms with E-state index in [4.69, 9.17) is 9.47 Å². The van der Waals surface area contributed by atoms with Crippen molar-refractivity contribution in [2.75, 3.05) is 26.2 Å². The molecule has 0 bridgehead atoms. The summed E-state index contributed by atoms with van der Waals surface area (Å²) in [5.74, 6) is 0.974. The van der Waals surface area contributed by atoms with Crippen molar-refractivity contribution >= 4 is 0 Å². The van der Waals surface area contributed by atoms with Crippen LogP contribution in [-0.2, 0) is 4.74 Å². The van der Waals surface area contributed by atoms with Crippen LogP contribution in [-0.4, -0.2) is 43.3 Å². The monoisotopic (exact) mass is 339 g/mol. The Labute approximate surface area is 151 Å². The van der Waals surface area contributed by atoms with Gasteiger partial charge in [-0.05, 0) is 44.9 Å². The molecule has 1 fully saturated rings. The highest BCUT2D eigenvalue weighted by Crippen LogP contribution is 2.29. The van der Waals surface area contributed by atoms with Gasteiger partial charge in [0, 0.05) is 18.7 Å². The van der Waals surface area contributed by atoms with Gasteiger partial charge in [0.15, 0.2) is 0 Å². The molecule has 2 atom stereocenters. The van der Waals surface area contributed by atoms with E-state index in [0.717, 1.165) is 44.8 Å². The number of hydrogen-bond acceptors (Lipinski definition) is 3. The van der Waals surface area contributed by atoms with Crippen LogP contribution >= 0.6 is 0 Å². The molecule has 0 aliphatic carbocycles. The minimum atomic E-state index is 0.345. The van der Waals surface area contributed by atoms with E-state index in [1.165, 1.54) is 11.1 Å². The summed E-state index contributed by atoms with van der Waals surface area (Å²) in [6.45, 7) is 8.30. The second kappa shape index (κ2) is 9.02. The molecule has 1 saturated heterocycles. The molecule has 0 saturated carbocycles. The second-order valence-corrected chi connectivity index (χ2v) is 6.93. The maximum absolute atomic E-state index is 6.08. The van der Waals surface area contributed by atoms with Crippen LogP contribution in [0.5, 0.6) is 5.75 Å². The topological polar surface area (TPSA) is 21.7 Å². The summed E-state index contributed by atoms with van der Waals surface area (Å²) in [5.41, 5.74) is 2.37. The molecule has 2 aromatic carbocycles. The molecule has 0 spiro atoms. The third-order valence-corrected chi connectivity index (χ3v) is 4.59. The highest BCUT2D eigenvalue weighted by molar-refractivity contribution is 5.70. The molecular formula is C22H29NO2. The molecule has 1 aliphatic heterocycles. The normalized spacial score (nSPS) is 21.2. The lowest BCUT2D eigenvalue weighted by Crippen LogP contribution is -2.45. The predicted molar refractivity (Wildman–Crippen MR) is 103 cm³/mol. The maximum Gasteiger partial charge on any atom is 0.127 e. The average Bonchev–Trinajstić information content (AvgIpc) is 2.62. The lowest BCUT2D eigenvalue weighted by molar-refractivity contribution is -0.0682. The van der Waals surface area contributed by atoms with E-state index in [-0.39, 0.29) is 0 Å². The first-order valence-electron chi connectivity index (χ1n) is 9.37. The molecular weight excluding hydrogens is 310 g/mol. The smallest absolute Gasteiger partial charge is 0.127 e. The molecule has 134 valence electrons. The number of nitrogens with zero attached hydrogens (tertiary/aromatic N) is 1. The number of morpholine rings is 1. The zero-order valence-electron chi connectivity index (χ0n) is 15.4. The Morgan fingerprint density at radius 2 is 1.60 bits per heavy atom. The van der Waals surface area contributed by atoms with E-state index in [2.05, 4.69) is 61.2 Å². The number of rotatable bonds is 7. The summed E-state index contributed by atoms with van der Waals surface area (Å²) in [6, 6.07) is 18.7. The van der Waals surface area contributed by atoms with Crippen LogP contribution in [0.3, 0.4) is 0 Å². The van der Waals surface area contributed by atoms with Crippen molar-refractivity contribution in [1.82, 2.24) is 4.90 Å². The van der Waals surface area contributed by atoms with Crippen molar-refractivity contribution in [3.8, 4) is 16.9 Å². The van der Waals surface area contributed by atoms with Crippen molar-refractivity contribution in [2.45, 2.75) is 38.9 Å². The Hall–Kier alpha value is -1.84. The molecule has 25 heavy (non-hydrogen) atoms. The van der Waals surface area contributed by atoms with E-state index < -0.39 is 0 Å². The molecule has 0 radical (unpaired) electrons. The zero-order chi connectivity index (χ0) is 17.5. The van der Waals surface area contributed by atoms with Crippen LogP contribution in [0.2, 0.25) is 0 Å². The molecule has 2 aromatic rings. The summed E-state index contributed by atoms with van der Waals surface area (Å²) in [7, 11) is 0. The fourth-order valence-electron chi connectivity index (χ4n) is 3.54. The van der Waals surface area contributed by atoms with Crippen molar-refractivity contribution < 1.29 is 9.47 Å². The largest absolute Gasteiger partial charge is 0.493 e. The summed E-state index contributed by atoms with van der Waals surface area (Å²) in [4.78, 5) is 2.51. The molecule has 3 rings (SSSR count). The van der Waals surface area contributed by atoms with Gasteiger partial charge in [0.05, 0.1) is 18.8 Å². The Balaban J connectivity index is 1.45. The SMILES string of the molecule is C[C@@H]1CN(CCCCOc2ccccc2-c2ccccc2)C[C@H](C)O1. The van der Waals surface area contributed by atoms with Crippen molar-refractivity contribution in [3.05, 3.63) is 54.6 Å². The molecule has 1 heterocycles. The van der Waals surface area contributed by atoms with Gasteiger partial charge in [0.1, 0.15) is 5.75 Å². The second-order valence-electron chi connectivity index (χ2n) is 6.93. The van der Waals surface area contributed by atoms with Gasteiger partial charge in [0.25, 0.3) is 0 Å². The first-order valence-corrected chi connectivity index (χ1v) is 9.37. The zero-order valence-corrected chi connectivity index (χ0v) is 15.4. The minimum absolute atomic E-state index is 0.345. The number of hydrogen-bond donors (Lipinski definition) is 0. The van der Waals surface area contributed by atoms with E-state index in [9.17, 15) is 0 Å². The summed E-state index contributed by atoms with van der Waals surface area (Å²) in [5, 5.41) is 0. The quantitative estimate of drug-likeness (QED) is 0.687. The van der Waals surface area contributed by atoms with Gasteiger partial charge < -0.3 is 9.47 Å². The third-order valence-electron chi connectivity index (χ3n) is 4.59. The van der Waals surface area contributed by atoms with Gasteiger partial charge in [-0.1, -0.05) is 48.5 Å². The molecule has 0 unspecified atom stereocenters. The Kier molecular flexibility index (Phi) is 6.48. The van der Waals surface area contributed by atoms with E-state index in [1.54, 1.807) is 0 Å². The first kappa shape index (κ1) is 18.0. The minimum Gasteiger partial charge on any atom is -0.493 e. The molecule has 3 nitrogen and oxygen atoms in total. The number of benzene rings is 2. The third kappa shape index (κ3) is 5.32. The Bertz CT molecular complexity index is 633. The predicted octanol–water partition coefficient (Wildman–Crippen LogP) is 4.62. The first-order chi connectivity index (χ1) is 12.2. The number of para-hydroxylation sites is 1. The van der Waals surface area contributed by atoms with Gasteiger partial charge in [0.2, 0.25) is 0 Å². The summed E-state index contributed by atoms with van der Waals surface area (Å²) in [6.07, 6.45) is 2.92. The van der Waals surface area contributed by atoms with Gasteiger partial charge in [-0.25, -0.2) is 0 Å². The summed E-state index contributed by atoms with van der Waals surface area (Å²) < 4.78 is 11.9. The Morgan fingerprint density at radius 3 is 2.36 bits per heavy atom. The van der Waals surface area contributed by atoms with Crippen LogP contribution in [0.25, 0.3) is 11.1 Å². The van der Waals surface area contributed by atoms with Crippen LogP contribution in [0.15, 0.2) is 54.6 Å². The maximum atomic E-state index is 6.08. The van der Waals surface area contributed by atoms with Gasteiger partial charge >= 0.3 is 0 Å².